The van der Waals surface area contributed by atoms with Crippen LogP contribution in [0.1, 0.15) is 17.3 Å². The number of para-hydroxylation sites is 2. The maximum Gasteiger partial charge on any atom is 0.338 e. The number of pyridine rings is 1. The first-order valence-electron chi connectivity index (χ1n) is 9.12. The van der Waals surface area contributed by atoms with Crippen LogP contribution in [0, 0.1) is 0 Å². The number of H-pyrrole nitrogens is 1. The van der Waals surface area contributed by atoms with E-state index in [1.807, 2.05) is 36.4 Å². The fourth-order valence-corrected chi connectivity index (χ4v) is 2.91. The van der Waals surface area contributed by atoms with Crippen molar-refractivity contribution in [1.29, 1.82) is 0 Å². The van der Waals surface area contributed by atoms with Gasteiger partial charge in [0.2, 0.25) is 5.88 Å². The molecule has 7 heteroatoms. The molecule has 29 heavy (non-hydrogen) atoms. The van der Waals surface area contributed by atoms with Gasteiger partial charge in [-0.15, -0.1) is 0 Å². The topological polar surface area (TPSA) is 86.3 Å². The van der Waals surface area contributed by atoms with Crippen molar-refractivity contribution in [2.75, 3.05) is 13.7 Å². The molecule has 0 unspecified atom stereocenters. The molecule has 0 fully saturated rings. The molecule has 0 aliphatic rings. The average Bonchev–Trinajstić information content (AvgIpc) is 3.19. The van der Waals surface area contributed by atoms with Crippen LogP contribution in [-0.4, -0.2) is 34.6 Å². The molecule has 0 radical (unpaired) electrons. The number of esters is 1. The summed E-state index contributed by atoms with van der Waals surface area (Å²) in [7, 11) is 1.56. The number of hydrogen-bond acceptors (Lipinski definition) is 6. The monoisotopic (exact) mass is 389 g/mol. The van der Waals surface area contributed by atoms with Crippen molar-refractivity contribution in [3.8, 4) is 28.8 Å². The Kier molecular flexibility index (Phi) is 5.11. The van der Waals surface area contributed by atoms with Crippen LogP contribution in [0.2, 0.25) is 0 Å². The molecule has 0 amide bonds. The summed E-state index contributed by atoms with van der Waals surface area (Å²) in [4.78, 5) is 24.0. The number of carbonyl (C=O) groups excluding carboxylic acids is 1. The number of aromatic amines is 1. The summed E-state index contributed by atoms with van der Waals surface area (Å²) in [6.45, 7) is 2.05. The van der Waals surface area contributed by atoms with Crippen molar-refractivity contribution >= 4 is 17.0 Å². The first-order valence-corrected chi connectivity index (χ1v) is 9.12. The van der Waals surface area contributed by atoms with Crippen molar-refractivity contribution in [2.45, 2.75) is 6.92 Å². The lowest BCUT2D eigenvalue weighted by atomic mass is 10.2. The third kappa shape index (κ3) is 3.89. The van der Waals surface area contributed by atoms with Gasteiger partial charge in [-0.05, 0) is 43.3 Å². The lowest BCUT2D eigenvalue weighted by molar-refractivity contribution is 0.0526. The molecule has 146 valence electrons. The highest BCUT2D eigenvalue weighted by Gasteiger charge is 2.13. The molecule has 0 aliphatic heterocycles. The quantitative estimate of drug-likeness (QED) is 0.485. The standard InChI is InChI=1S/C22H19N3O4/c1-3-28-22(26)15-10-11-23-20(13-15)29-18-9-8-14(12-19(18)27-2)21-24-16-6-4-5-7-17(16)25-21/h4-13H,3H2,1-2H3,(H,24,25). The second kappa shape index (κ2) is 8.02. The minimum absolute atomic E-state index is 0.269. The molecule has 0 bridgehead atoms. The van der Waals surface area contributed by atoms with Gasteiger partial charge in [0.25, 0.3) is 0 Å². The molecular formula is C22H19N3O4. The maximum absolute atomic E-state index is 11.9. The van der Waals surface area contributed by atoms with E-state index >= 15 is 0 Å². The fraction of sp³-hybridized carbons (Fsp3) is 0.136. The van der Waals surface area contributed by atoms with Gasteiger partial charge in [0, 0.05) is 17.8 Å². The smallest absolute Gasteiger partial charge is 0.338 e. The molecule has 7 nitrogen and oxygen atoms in total. The minimum Gasteiger partial charge on any atom is -0.493 e. The van der Waals surface area contributed by atoms with Gasteiger partial charge in [-0.2, -0.15) is 0 Å². The van der Waals surface area contributed by atoms with Gasteiger partial charge in [0.1, 0.15) is 5.82 Å². The van der Waals surface area contributed by atoms with Crippen LogP contribution in [0.15, 0.2) is 60.8 Å². The van der Waals surface area contributed by atoms with E-state index in [-0.39, 0.29) is 5.88 Å². The molecule has 0 saturated heterocycles. The van der Waals surface area contributed by atoms with E-state index in [1.54, 1.807) is 26.2 Å². The highest BCUT2D eigenvalue weighted by Crippen LogP contribution is 2.34. The van der Waals surface area contributed by atoms with E-state index in [1.165, 1.54) is 12.3 Å². The van der Waals surface area contributed by atoms with Crippen molar-refractivity contribution in [2.24, 2.45) is 0 Å². The number of carbonyl (C=O) groups is 1. The van der Waals surface area contributed by atoms with Gasteiger partial charge >= 0.3 is 5.97 Å². The number of benzene rings is 2. The molecule has 2 aromatic carbocycles. The summed E-state index contributed by atoms with van der Waals surface area (Å²) in [6.07, 6.45) is 1.50. The summed E-state index contributed by atoms with van der Waals surface area (Å²) in [5.41, 5.74) is 3.08. The molecule has 4 aromatic rings. The van der Waals surface area contributed by atoms with Crippen LogP contribution in [0.5, 0.6) is 17.4 Å². The van der Waals surface area contributed by atoms with Crippen molar-refractivity contribution in [3.05, 3.63) is 66.4 Å². The Hall–Kier alpha value is -3.87. The molecule has 0 saturated carbocycles. The highest BCUT2D eigenvalue weighted by molar-refractivity contribution is 5.89. The van der Waals surface area contributed by atoms with Crippen LogP contribution in [-0.2, 0) is 4.74 Å². The number of fused-ring (bicyclic) bond motifs is 1. The Balaban J connectivity index is 1.62. The number of methoxy groups -OCH3 is 1. The molecule has 0 atom stereocenters. The lowest BCUT2D eigenvalue weighted by Gasteiger charge is -2.11. The Labute approximate surface area is 167 Å². The molecular weight excluding hydrogens is 370 g/mol. The van der Waals surface area contributed by atoms with E-state index in [2.05, 4.69) is 15.0 Å². The zero-order chi connectivity index (χ0) is 20.2. The predicted molar refractivity (Wildman–Crippen MR) is 108 cm³/mol. The third-order valence-corrected chi connectivity index (χ3v) is 4.29. The number of imidazole rings is 1. The lowest BCUT2D eigenvalue weighted by Crippen LogP contribution is -2.05. The van der Waals surface area contributed by atoms with Crippen LogP contribution in [0.4, 0.5) is 0 Å². The largest absolute Gasteiger partial charge is 0.493 e. The zero-order valence-electron chi connectivity index (χ0n) is 16.0. The van der Waals surface area contributed by atoms with Crippen LogP contribution < -0.4 is 9.47 Å². The maximum atomic E-state index is 11.9. The SMILES string of the molecule is CCOC(=O)c1ccnc(Oc2ccc(-c3nc4ccccc4[nH]3)cc2OC)c1. The van der Waals surface area contributed by atoms with Gasteiger partial charge in [-0.3, -0.25) is 0 Å². The van der Waals surface area contributed by atoms with E-state index in [9.17, 15) is 4.79 Å². The van der Waals surface area contributed by atoms with Crippen molar-refractivity contribution in [1.82, 2.24) is 15.0 Å². The second-order valence-corrected chi connectivity index (χ2v) is 6.17. The average molecular weight is 389 g/mol. The first-order chi connectivity index (χ1) is 14.2. The predicted octanol–water partition coefficient (Wildman–Crippen LogP) is 4.60. The van der Waals surface area contributed by atoms with E-state index in [0.29, 0.717) is 23.7 Å². The molecule has 4 rings (SSSR count). The number of ether oxygens (including phenoxy) is 3. The van der Waals surface area contributed by atoms with E-state index in [4.69, 9.17) is 14.2 Å². The number of hydrogen-bond donors (Lipinski definition) is 1. The number of aromatic nitrogens is 3. The number of nitrogens with zero attached hydrogens (tertiary/aromatic N) is 2. The van der Waals surface area contributed by atoms with Crippen LogP contribution in [0.3, 0.4) is 0 Å². The Morgan fingerprint density at radius 2 is 1.93 bits per heavy atom. The third-order valence-electron chi connectivity index (χ3n) is 4.29. The molecule has 2 heterocycles. The van der Waals surface area contributed by atoms with Gasteiger partial charge < -0.3 is 19.2 Å². The molecule has 0 aliphatic carbocycles. The number of nitrogens with one attached hydrogen (secondary N) is 1. The van der Waals surface area contributed by atoms with Gasteiger partial charge in [-0.1, -0.05) is 12.1 Å². The van der Waals surface area contributed by atoms with E-state index in [0.717, 1.165) is 22.4 Å². The van der Waals surface area contributed by atoms with Crippen LogP contribution >= 0.6 is 0 Å². The Bertz CT molecular complexity index is 1140. The zero-order valence-corrected chi connectivity index (χ0v) is 16.0. The normalized spacial score (nSPS) is 10.7. The fourth-order valence-electron chi connectivity index (χ4n) is 2.91. The van der Waals surface area contributed by atoms with Gasteiger partial charge in [0.05, 0.1) is 30.3 Å². The second-order valence-electron chi connectivity index (χ2n) is 6.17. The number of rotatable bonds is 6. The van der Waals surface area contributed by atoms with Crippen LogP contribution in [0.25, 0.3) is 22.4 Å². The van der Waals surface area contributed by atoms with Gasteiger partial charge in [-0.25, -0.2) is 14.8 Å². The molecule has 1 N–H and O–H groups in total. The molecule has 0 spiro atoms. The summed E-state index contributed by atoms with van der Waals surface area (Å²) in [5.74, 6) is 1.57. The first kappa shape index (κ1) is 18.5. The van der Waals surface area contributed by atoms with Crippen molar-refractivity contribution < 1.29 is 19.0 Å². The summed E-state index contributed by atoms with van der Waals surface area (Å²) >= 11 is 0. The minimum atomic E-state index is -0.424. The summed E-state index contributed by atoms with van der Waals surface area (Å²) < 4.78 is 16.3. The van der Waals surface area contributed by atoms with Crippen molar-refractivity contribution in [3.63, 3.8) is 0 Å². The highest BCUT2D eigenvalue weighted by atomic mass is 16.5. The molecule has 2 aromatic heterocycles. The summed E-state index contributed by atoms with van der Waals surface area (Å²) in [5, 5.41) is 0. The van der Waals surface area contributed by atoms with E-state index < -0.39 is 5.97 Å². The Morgan fingerprint density at radius 3 is 2.72 bits per heavy atom. The van der Waals surface area contributed by atoms with Gasteiger partial charge in [0.15, 0.2) is 11.5 Å². The summed E-state index contributed by atoms with van der Waals surface area (Å²) in [6, 6.07) is 16.4. The Morgan fingerprint density at radius 1 is 1.07 bits per heavy atom.